The van der Waals surface area contributed by atoms with Crippen LogP contribution in [0.1, 0.15) is 0 Å². The van der Waals surface area contributed by atoms with Crippen molar-refractivity contribution in [2.75, 3.05) is 0 Å². The van der Waals surface area contributed by atoms with E-state index in [-0.39, 0.29) is 0 Å². The minimum absolute atomic E-state index is 0.811. The molecule has 0 amide bonds. The first-order valence-corrected chi connectivity index (χ1v) is 10.4. The molecule has 0 aliphatic carbocycles. The molecule has 0 spiro atoms. The van der Waals surface area contributed by atoms with E-state index in [1.165, 1.54) is 0 Å². The normalized spacial score (nSPS) is 11.8. The maximum Gasteiger partial charge on any atom is 0.141 e. The summed E-state index contributed by atoms with van der Waals surface area (Å²) in [5.41, 5.74) is 7.78. The smallest absolute Gasteiger partial charge is 0.141 e. The molecule has 32 heavy (non-hydrogen) atoms. The van der Waals surface area contributed by atoms with Gasteiger partial charge in [0.05, 0.1) is 33.3 Å². The van der Waals surface area contributed by atoms with Crippen LogP contribution in [0.5, 0.6) is 0 Å². The fourth-order valence-corrected chi connectivity index (χ4v) is 4.59. The van der Waals surface area contributed by atoms with Crippen molar-refractivity contribution in [3.05, 3.63) is 85.5 Å². The molecule has 0 bridgehead atoms. The third kappa shape index (κ3) is 2.34. The molecular formula is C26H16N6. The van der Waals surface area contributed by atoms with Gasteiger partial charge in [0.25, 0.3) is 0 Å². The minimum atomic E-state index is 0.811. The number of rotatable bonds is 2. The molecule has 0 saturated carbocycles. The Balaban J connectivity index is 1.63. The van der Waals surface area contributed by atoms with Crippen molar-refractivity contribution in [3.8, 4) is 22.6 Å². The zero-order valence-corrected chi connectivity index (χ0v) is 16.9. The number of benzene rings is 2. The van der Waals surface area contributed by atoms with E-state index in [0.29, 0.717) is 0 Å². The van der Waals surface area contributed by atoms with Crippen LogP contribution < -0.4 is 0 Å². The summed E-state index contributed by atoms with van der Waals surface area (Å²) in [5, 5.41) is 3.11. The van der Waals surface area contributed by atoms with E-state index in [1.54, 1.807) is 12.4 Å². The highest BCUT2D eigenvalue weighted by atomic mass is 14.9. The second-order valence-corrected chi connectivity index (χ2v) is 7.76. The third-order valence-electron chi connectivity index (χ3n) is 5.98. The highest BCUT2D eigenvalue weighted by molar-refractivity contribution is 6.21. The van der Waals surface area contributed by atoms with Crippen LogP contribution in [0.4, 0.5) is 0 Å². The number of aromatic nitrogens is 6. The number of pyridine rings is 3. The van der Waals surface area contributed by atoms with Crippen molar-refractivity contribution in [3.63, 3.8) is 0 Å². The number of nitrogens with zero attached hydrogens (tertiary/aromatic N) is 4. The van der Waals surface area contributed by atoms with Crippen molar-refractivity contribution in [1.29, 1.82) is 0 Å². The molecule has 0 unspecified atom stereocenters. The molecule has 0 atom stereocenters. The summed E-state index contributed by atoms with van der Waals surface area (Å²) < 4.78 is 0. The van der Waals surface area contributed by atoms with E-state index in [0.717, 1.165) is 66.4 Å². The van der Waals surface area contributed by atoms with Gasteiger partial charge in [0, 0.05) is 52.0 Å². The fourth-order valence-electron chi connectivity index (χ4n) is 4.59. The maximum atomic E-state index is 5.11. The number of fused-ring (bicyclic) bond motifs is 7. The monoisotopic (exact) mass is 412 g/mol. The van der Waals surface area contributed by atoms with Crippen LogP contribution in [-0.2, 0) is 0 Å². The van der Waals surface area contributed by atoms with Gasteiger partial charge in [-0.3, -0.25) is 15.0 Å². The molecule has 0 aliphatic heterocycles. The van der Waals surface area contributed by atoms with Crippen molar-refractivity contribution in [2.45, 2.75) is 0 Å². The Morgan fingerprint density at radius 2 is 1.31 bits per heavy atom. The fraction of sp³-hybridized carbons (Fsp3) is 0. The SMILES string of the molecule is c1ccc2c(-c3nc4c5cccnc5c5ncccc5c4[nH]3)c(-c3ccncc3)[nH]c2c1. The van der Waals surface area contributed by atoms with Crippen LogP contribution >= 0.6 is 0 Å². The lowest BCUT2D eigenvalue weighted by Crippen LogP contribution is -1.86. The summed E-state index contributed by atoms with van der Waals surface area (Å²) in [6, 6.07) is 20.3. The maximum absolute atomic E-state index is 5.11. The Hall–Kier alpha value is -4.58. The van der Waals surface area contributed by atoms with E-state index in [9.17, 15) is 0 Å². The van der Waals surface area contributed by atoms with E-state index in [2.05, 4.69) is 55.3 Å². The van der Waals surface area contributed by atoms with Gasteiger partial charge in [0.15, 0.2) is 0 Å². The van der Waals surface area contributed by atoms with Gasteiger partial charge in [0.1, 0.15) is 5.82 Å². The van der Waals surface area contributed by atoms with Gasteiger partial charge in [-0.15, -0.1) is 0 Å². The van der Waals surface area contributed by atoms with Crippen molar-refractivity contribution < 1.29 is 0 Å². The molecule has 0 aliphatic rings. The summed E-state index contributed by atoms with van der Waals surface area (Å²) >= 11 is 0. The van der Waals surface area contributed by atoms with E-state index in [4.69, 9.17) is 4.98 Å². The highest BCUT2D eigenvalue weighted by Gasteiger charge is 2.20. The zero-order chi connectivity index (χ0) is 21.1. The van der Waals surface area contributed by atoms with E-state index < -0.39 is 0 Å². The van der Waals surface area contributed by atoms with Gasteiger partial charge in [-0.25, -0.2) is 4.98 Å². The standard InChI is InChI=1S/C26H16N6/c1-2-8-19-16(5-1)20(21(30-19)15-9-13-27-14-10-15)26-31-24-17-6-3-11-28-22(17)23-18(25(24)32-26)7-4-12-29-23/h1-14,30H,(H,31,32). The first-order chi connectivity index (χ1) is 15.9. The van der Waals surface area contributed by atoms with Crippen LogP contribution in [0.15, 0.2) is 85.5 Å². The lowest BCUT2D eigenvalue weighted by atomic mass is 10.1. The number of H-pyrrole nitrogens is 2. The molecular weight excluding hydrogens is 396 g/mol. The summed E-state index contributed by atoms with van der Waals surface area (Å²) in [6.07, 6.45) is 7.22. The third-order valence-corrected chi connectivity index (χ3v) is 5.98. The number of imidazole rings is 1. The van der Waals surface area contributed by atoms with Crippen molar-refractivity contribution in [1.82, 2.24) is 29.9 Å². The van der Waals surface area contributed by atoms with Crippen LogP contribution in [0.25, 0.3) is 66.4 Å². The molecule has 5 aromatic heterocycles. The minimum Gasteiger partial charge on any atom is -0.354 e. The lowest BCUT2D eigenvalue weighted by molar-refractivity contribution is 1.31. The Morgan fingerprint density at radius 1 is 0.594 bits per heavy atom. The molecule has 6 heteroatoms. The number of hydrogen-bond acceptors (Lipinski definition) is 4. The molecule has 0 radical (unpaired) electrons. The molecule has 2 N–H and O–H groups in total. The van der Waals surface area contributed by atoms with Crippen LogP contribution in [-0.4, -0.2) is 29.9 Å². The molecule has 150 valence electrons. The molecule has 5 heterocycles. The highest BCUT2D eigenvalue weighted by Crippen LogP contribution is 2.39. The Kier molecular flexibility index (Phi) is 3.46. The van der Waals surface area contributed by atoms with E-state index in [1.807, 2.05) is 42.7 Å². The summed E-state index contributed by atoms with van der Waals surface area (Å²) in [5.74, 6) is 0.811. The number of aromatic amines is 2. The predicted molar refractivity (Wildman–Crippen MR) is 127 cm³/mol. The Bertz CT molecular complexity index is 1710. The number of para-hydroxylation sites is 1. The van der Waals surface area contributed by atoms with Crippen LogP contribution in [0.2, 0.25) is 0 Å². The lowest BCUT2D eigenvalue weighted by Gasteiger charge is -2.03. The molecule has 6 nitrogen and oxygen atoms in total. The second kappa shape index (κ2) is 6.46. The van der Waals surface area contributed by atoms with Gasteiger partial charge in [0.2, 0.25) is 0 Å². The topological polar surface area (TPSA) is 83.1 Å². The predicted octanol–water partition coefficient (Wildman–Crippen LogP) is 5.87. The van der Waals surface area contributed by atoms with Crippen LogP contribution in [0, 0.1) is 0 Å². The zero-order valence-electron chi connectivity index (χ0n) is 16.9. The quantitative estimate of drug-likeness (QED) is 0.348. The summed E-state index contributed by atoms with van der Waals surface area (Å²) in [7, 11) is 0. The Morgan fingerprint density at radius 3 is 2.16 bits per heavy atom. The van der Waals surface area contributed by atoms with Gasteiger partial charge in [-0.05, 0) is 42.5 Å². The molecule has 2 aromatic carbocycles. The van der Waals surface area contributed by atoms with Gasteiger partial charge >= 0.3 is 0 Å². The molecule has 0 saturated heterocycles. The van der Waals surface area contributed by atoms with Gasteiger partial charge in [-0.1, -0.05) is 18.2 Å². The molecule has 7 rings (SSSR count). The number of hydrogen-bond donors (Lipinski definition) is 2. The first kappa shape index (κ1) is 17.1. The van der Waals surface area contributed by atoms with Crippen LogP contribution in [0.3, 0.4) is 0 Å². The second-order valence-electron chi connectivity index (χ2n) is 7.76. The molecule has 7 aromatic rings. The molecule has 0 fully saturated rings. The summed E-state index contributed by atoms with van der Waals surface area (Å²) in [4.78, 5) is 25.7. The van der Waals surface area contributed by atoms with Gasteiger partial charge in [-0.2, -0.15) is 0 Å². The van der Waals surface area contributed by atoms with Crippen molar-refractivity contribution in [2.24, 2.45) is 0 Å². The number of nitrogens with one attached hydrogen (secondary N) is 2. The average molecular weight is 412 g/mol. The first-order valence-electron chi connectivity index (χ1n) is 10.4. The Labute approximate surface area is 182 Å². The average Bonchev–Trinajstić information content (AvgIpc) is 3.47. The largest absolute Gasteiger partial charge is 0.354 e. The van der Waals surface area contributed by atoms with Crippen molar-refractivity contribution >= 4 is 43.7 Å². The van der Waals surface area contributed by atoms with Gasteiger partial charge < -0.3 is 9.97 Å². The summed E-state index contributed by atoms with van der Waals surface area (Å²) in [6.45, 7) is 0. The van der Waals surface area contributed by atoms with E-state index >= 15 is 0 Å².